The normalized spacial score (nSPS) is 12.0. The topological polar surface area (TPSA) is 26.3 Å². The predicted octanol–water partition coefficient (Wildman–Crippen LogP) is 2.50. The third-order valence-corrected chi connectivity index (χ3v) is 1.12. The molecule has 0 aromatic carbocycles. The van der Waals surface area contributed by atoms with E-state index in [0.29, 0.717) is 0 Å². The molecule has 0 saturated heterocycles. The standard InChI is InChI=1S/C9H16O2/c1-5-6-7-11-8(10)9(2,3)4/h6-7H,5H2,1-4H3/b7-6+. The zero-order valence-electron chi connectivity index (χ0n) is 7.68. The van der Waals surface area contributed by atoms with Crippen LogP contribution in [0.15, 0.2) is 12.3 Å². The number of allylic oxidation sites excluding steroid dienone is 1. The van der Waals surface area contributed by atoms with Gasteiger partial charge in [-0.3, -0.25) is 4.79 Å². The second-order valence-corrected chi connectivity index (χ2v) is 3.44. The monoisotopic (exact) mass is 156 g/mol. The number of carbonyl (C=O) groups excluding carboxylic acids is 1. The van der Waals surface area contributed by atoms with Gasteiger partial charge in [0, 0.05) is 0 Å². The van der Waals surface area contributed by atoms with Crippen molar-refractivity contribution in [3.63, 3.8) is 0 Å². The van der Waals surface area contributed by atoms with Crippen LogP contribution in [0.4, 0.5) is 0 Å². The molecule has 0 fully saturated rings. The molecule has 0 N–H and O–H groups in total. The van der Waals surface area contributed by atoms with Crippen LogP contribution in [-0.4, -0.2) is 5.97 Å². The van der Waals surface area contributed by atoms with Gasteiger partial charge in [0.2, 0.25) is 0 Å². The van der Waals surface area contributed by atoms with E-state index < -0.39 is 5.41 Å². The minimum atomic E-state index is -0.405. The van der Waals surface area contributed by atoms with Gasteiger partial charge in [-0.05, 0) is 33.3 Å². The van der Waals surface area contributed by atoms with Gasteiger partial charge in [0.15, 0.2) is 0 Å². The molecule has 0 aliphatic heterocycles. The van der Waals surface area contributed by atoms with E-state index in [-0.39, 0.29) is 5.97 Å². The molecule has 0 aromatic rings. The Morgan fingerprint density at radius 1 is 1.45 bits per heavy atom. The fourth-order valence-corrected chi connectivity index (χ4v) is 0.383. The summed E-state index contributed by atoms with van der Waals surface area (Å²) >= 11 is 0. The Morgan fingerprint density at radius 3 is 2.36 bits per heavy atom. The Bertz CT molecular complexity index is 151. The molecule has 2 heteroatoms. The Hall–Kier alpha value is -0.790. The van der Waals surface area contributed by atoms with E-state index in [1.54, 1.807) is 0 Å². The van der Waals surface area contributed by atoms with Gasteiger partial charge in [-0.1, -0.05) is 6.92 Å². The maximum atomic E-state index is 11.1. The van der Waals surface area contributed by atoms with Crippen LogP contribution in [0.25, 0.3) is 0 Å². The quantitative estimate of drug-likeness (QED) is 0.453. The smallest absolute Gasteiger partial charge is 0.316 e. The van der Waals surface area contributed by atoms with Crippen LogP contribution in [-0.2, 0) is 9.53 Å². The van der Waals surface area contributed by atoms with Gasteiger partial charge in [-0.15, -0.1) is 0 Å². The number of carbonyl (C=O) groups is 1. The largest absolute Gasteiger partial charge is 0.434 e. The summed E-state index contributed by atoms with van der Waals surface area (Å²) in [6.07, 6.45) is 4.15. The molecule has 2 nitrogen and oxygen atoms in total. The lowest BCUT2D eigenvalue weighted by Crippen LogP contribution is -2.20. The second-order valence-electron chi connectivity index (χ2n) is 3.44. The van der Waals surface area contributed by atoms with Gasteiger partial charge in [0.1, 0.15) is 0 Å². The maximum Gasteiger partial charge on any atom is 0.316 e. The number of rotatable bonds is 2. The van der Waals surface area contributed by atoms with Gasteiger partial charge in [-0.2, -0.15) is 0 Å². The van der Waals surface area contributed by atoms with Crippen molar-refractivity contribution in [1.29, 1.82) is 0 Å². The van der Waals surface area contributed by atoms with Crippen molar-refractivity contribution < 1.29 is 9.53 Å². The highest BCUT2D eigenvalue weighted by Crippen LogP contribution is 2.14. The SMILES string of the molecule is CC/C=C/OC(=O)C(C)(C)C. The zero-order chi connectivity index (χ0) is 8.91. The Balaban J connectivity index is 3.80. The highest BCUT2D eigenvalue weighted by Gasteiger charge is 2.21. The van der Waals surface area contributed by atoms with Crippen LogP contribution in [0.1, 0.15) is 34.1 Å². The molecule has 0 atom stereocenters. The van der Waals surface area contributed by atoms with Crippen molar-refractivity contribution in [2.45, 2.75) is 34.1 Å². The summed E-state index contributed by atoms with van der Waals surface area (Å²) in [5, 5.41) is 0. The summed E-state index contributed by atoms with van der Waals surface area (Å²) in [5.41, 5.74) is -0.405. The first kappa shape index (κ1) is 10.2. The molecule has 64 valence electrons. The number of hydrogen-bond donors (Lipinski definition) is 0. The lowest BCUT2D eigenvalue weighted by Gasteiger charge is -2.13. The van der Waals surface area contributed by atoms with Gasteiger partial charge < -0.3 is 4.74 Å². The van der Waals surface area contributed by atoms with Gasteiger partial charge in [-0.25, -0.2) is 0 Å². The van der Waals surface area contributed by atoms with Crippen LogP contribution in [0.3, 0.4) is 0 Å². The predicted molar refractivity (Wildman–Crippen MR) is 45.0 cm³/mol. The van der Waals surface area contributed by atoms with Gasteiger partial charge in [0.25, 0.3) is 0 Å². The molecule has 0 saturated carbocycles. The summed E-state index contributed by atoms with van der Waals surface area (Å²) in [5.74, 6) is -0.192. The molecule has 11 heavy (non-hydrogen) atoms. The molecule has 0 radical (unpaired) electrons. The highest BCUT2D eigenvalue weighted by atomic mass is 16.5. The van der Waals surface area contributed by atoms with E-state index in [2.05, 4.69) is 0 Å². The lowest BCUT2D eigenvalue weighted by atomic mass is 9.98. The number of ether oxygens (including phenoxy) is 1. The van der Waals surface area contributed by atoms with E-state index >= 15 is 0 Å². The molecule has 0 aromatic heterocycles. The lowest BCUT2D eigenvalue weighted by molar-refractivity contribution is -0.146. The Labute approximate surface area is 68.2 Å². The molecule has 0 aliphatic rings. The van der Waals surface area contributed by atoms with Crippen LogP contribution < -0.4 is 0 Å². The fraction of sp³-hybridized carbons (Fsp3) is 0.667. The van der Waals surface area contributed by atoms with E-state index in [1.165, 1.54) is 6.26 Å². The Kier molecular flexibility index (Phi) is 3.86. The van der Waals surface area contributed by atoms with Crippen LogP contribution in [0, 0.1) is 5.41 Å². The molecular weight excluding hydrogens is 140 g/mol. The van der Waals surface area contributed by atoms with Crippen LogP contribution in [0.5, 0.6) is 0 Å². The van der Waals surface area contributed by atoms with Crippen LogP contribution >= 0.6 is 0 Å². The van der Waals surface area contributed by atoms with E-state index in [9.17, 15) is 4.79 Å². The third-order valence-electron chi connectivity index (χ3n) is 1.12. The first-order valence-electron chi connectivity index (χ1n) is 3.84. The van der Waals surface area contributed by atoms with E-state index in [4.69, 9.17) is 4.74 Å². The van der Waals surface area contributed by atoms with Crippen molar-refractivity contribution >= 4 is 5.97 Å². The minimum absolute atomic E-state index is 0.192. The molecule has 0 spiro atoms. The molecule has 0 amide bonds. The number of hydrogen-bond acceptors (Lipinski definition) is 2. The fourth-order valence-electron chi connectivity index (χ4n) is 0.383. The summed E-state index contributed by atoms with van der Waals surface area (Å²) in [6.45, 7) is 7.47. The molecule has 0 unspecified atom stereocenters. The summed E-state index contributed by atoms with van der Waals surface area (Å²) in [7, 11) is 0. The van der Waals surface area contributed by atoms with Crippen molar-refractivity contribution in [2.75, 3.05) is 0 Å². The first-order chi connectivity index (χ1) is 4.98. The molecule has 0 bridgehead atoms. The van der Waals surface area contributed by atoms with E-state index in [0.717, 1.165) is 6.42 Å². The second kappa shape index (κ2) is 4.16. The molecular formula is C9H16O2. The van der Waals surface area contributed by atoms with E-state index in [1.807, 2.05) is 33.8 Å². The van der Waals surface area contributed by atoms with Gasteiger partial charge in [0.05, 0.1) is 11.7 Å². The number of esters is 1. The van der Waals surface area contributed by atoms with Crippen molar-refractivity contribution in [2.24, 2.45) is 5.41 Å². The zero-order valence-corrected chi connectivity index (χ0v) is 7.68. The van der Waals surface area contributed by atoms with Gasteiger partial charge >= 0.3 is 5.97 Å². The summed E-state index contributed by atoms with van der Waals surface area (Å²) in [6, 6.07) is 0. The minimum Gasteiger partial charge on any atom is -0.434 e. The highest BCUT2D eigenvalue weighted by molar-refractivity contribution is 5.75. The third kappa shape index (κ3) is 4.59. The average Bonchev–Trinajstić information content (AvgIpc) is 1.86. The molecule has 0 aliphatic carbocycles. The average molecular weight is 156 g/mol. The Morgan fingerprint density at radius 2 is 2.00 bits per heavy atom. The van der Waals surface area contributed by atoms with Crippen LogP contribution in [0.2, 0.25) is 0 Å². The van der Waals surface area contributed by atoms with Crippen molar-refractivity contribution in [1.82, 2.24) is 0 Å². The maximum absolute atomic E-state index is 11.1. The van der Waals surface area contributed by atoms with Crippen molar-refractivity contribution in [3.05, 3.63) is 12.3 Å². The summed E-state index contributed by atoms with van der Waals surface area (Å²) in [4.78, 5) is 11.1. The molecule has 0 rings (SSSR count). The van der Waals surface area contributed by atoms with Crippen molar-refractivity contribution in [3.8, 4) is 0 Å². The first-order valence-corrected chi connectivity index (χ1v) is 3.84. The summed E-state index contributed by atoms with van der Waals surface area (Å²) < 4.78 is 4.83. The molecule has 0 heterocycles.